The number of unbranched alkanes of at least 4 members (excludes halogenated alkanes) is 26. The van der Waals surface area contributed by atoms with Crippen LogP contribution in [0.1, 0.15) is 220 Å². The second-order valence-corrected chi connectivity index (χ2v) is 14.5. The van der Waals surface area contributed by atoms with Gasteiger partial charge in [0.15, 0.2) is 5.66 Å². The van der Waals surface area contributed by atoms with Gasteiger partial charge in [0, 0.05) is 12.8 Å². The third-order valence-corrected chi connectivity index (χ3v) is 9.97. The summed E-state index contributed by atoms with van der Waals surface area (Å²) in [6.07, 6.45) is 47.6. The Kier molecular flexibility index (Phi) is 29.0. The van der Waals surface area contributed by atoms with E-state index in [-0.39, 0.29) is 11.6 Å². The highest BCUT2D eigenvalue weighted by molar-refractivity contribution is 5.76. The quantitative estimate of drug-likeness (QED) is 0.0422. The van der Waals surface area contributed by atoms with Crippen molar-refractivity contribution >= 4 is 12.2 Å². The predicted molar refractivity (Wildman–Crippen MR) is 199 cm³/mol. The molecular formula is C41H80N3O+. The molecule has 0 bridgehead atoms. The first-order valence-electron chi connectivity index (χ1n) is 20.4. The average molecular weight is 631 g/mol. The molecule has 264 valence electrons. The highest BCUT2D eigenvalue weighted by Crippen LogP contribution is 2.20. The third-order valence-electron chi connectivity index (χ3n) is 9.97. The molecule has 1 amide bonds. The SMILES string of the molecule is CCCCCCCC/C=C\CCCCCCCC(=O)NC(C)(CCCCCCCCCCCCCCCCCC)[N+]1=CNCC1. The zero-order valence-electron chi connectivity index (χ0n) is 30.9. The van der Waals surface area contributed by atoms with Crippen molar-refractivity contribution in [1.82, 2.24) is 10.6 Å². The van der Waals surface area contributed by atoms with Crippen molar-refractivity contribution in [3.05, 3.63) is 12.2 Å². The monoisotopic (exact) mass is 631 g/mol. The van der Waals surface area contributed by atoms with E-state index < -0.39 is 0 Å². The first-order valence-corrected chi connectivity index (χ1v) is 20.4. The topological polar surface area (TPSA) is 44.1 Å². The van der Waals surface area contributed by atoms with Gasteiger partial charge in [0.05, 0.1) is 0 Å². The van der Waals surface area contributed by atoms with Gasteiger partial charge in [0.2, 0.25) is 12.2 Å². The van der Waals surface area contributed by atoms with Crippen LogP contribution in [0.3, 0.4) is 0 Å². The lowest BCUT2D eigenvalue weighted by Gasteiger charge is -2.30. The fourth-order valence-corrected chi connectivity index (χ4v) is 6.83. The van der Waals surface area contributed by atoms with E-state index in [4.69, 9.17) is 0 Å². The van der Waals surface area contributed by atoms with Crippen molar-refractivity contribution < 1.29 is 9.37 Å². The third kappa shape index (κ3) is 25.5. The Morgan fingerprint density at radius 2 is 1.02 bits per heavy atom. The normalized spacial score (nSPS) is 14.5. The van der Waals surface area contributed by atoms with Gasteiger partial charge in [-0.05, 0) is 45.4 Å². The maximum Gasteiger partial charge on any atom is 0.234 e. The molecule has 0 aromatic carbocycles. The molecule has 0 saturated heterocycles. The lowest BCUT2D eigenvalue weighted by atomic mass is 9.99. The minimum absolute atomic E-state index is 0.229. The molecule has 1 atom stereocenters. The summed E-state index contributed by atoms with van der Waals surface area (Å²) in [6, 6.07) is 0. The molecule has 1 aliphatic rings. The number of hydrogen-bond donors (Lipinski definition) is 2. The van der Waals surface area contributed by atoms with E-state index >= 15 is 0 Å². The second kappa shape index (κ2) is 31.3. The Labute approximate surface area is 282 Å². The molecule has 1 rings (SSSR count). The van der Waals surface area contributed by atoms with E-state index in [1.165, 1.54) is 180 Å². The van der Waals surface area contributed by atoms with Crippen LogP contribution in [0.5, 0.6) is 0 Å². The van der Waals surface area contributed by atoms with Crippen LogP contribution in [-0.4, -0.2) is 35.6 Å². The number of carbonyl (C=O) groups is 1. The van der Waals surface area contributed by atoms with Gasteiger partial charge in [-0.2, -0.15) is 0 Å². The van der Waals surface area contributed by atoms with Gasteiger partial charge in [-0.25, -0.2) is 4.58 Å². The fourth-order valence-electron chi connectivity index (χ4n) is 6.83. The lowest BCUT2D eigenvalue weighted by molar-refractivity contribution is -0.600. The van der Waals surface area contributed by atoms with Crippen molar-refractivity contribution in [2.75, 3.05) is 13.1 Å². The molecule has 0 aromatic rings. The summed E-state index contributed by atoms with van der Waals surface area (Å²) < 4.78 is 2.33. The minimum atomic E-state index is -0.265. The molecule has 0 fully saturated rings. The molecular weight excluding hydrogens is 550 g/mol. The molecule has 1 heterocycles. The standard InChI is InChI=1S/C41H79N3O/c1-4-6-8-10-12-14-16-18-20-22-24-26-28-30-32-34-36-41(3,44-38-37-42-39-44)43-40(45)35-33-31-29-27-25-23-21-19-17-15-13-11-9-7-5-2/h19,21,39H,4-18,20,22-38H2,1-3H3,(H,43,45)/p+1/b21-19-. The van der Waals surface area contributed by atoms with E-state index in [1.54, 1.807) is 0 Å². The summed E-state index contributed by atoms with van der Waals surface area (Å²) in [5.74, 6) is 0.229. The zero-order valence-corrected chi connectivity index (χ0v) is 30.9. The maximum atomic E-state index is 12.9. The zero-order chi connectivity index (χ0) is 32.5. The molecule has 1 unspecified atom stereocenters. The van der Waals surface area contributed by atoms with Crippen LogP contribution in [0.25, 0.3) is 0 Å². The minimum Gasteiger partial charge on any atom is -0.315 e. The van der Waals surface area contributed by atoms with Crippen LogP contribution in [0.2, 0.25) is 0 Å². The number of rotatable bonds is 34. The van der Waals surface area contributed by atoms with E-state index in [1.807, 2.05) is 0 Å². The van der Waals surface area contributed by atoms with Gasteiger partial charge < -0.3 is 5.32 Å². The Balaban J connectivity index is 2.05. The van der Waals surface area contributed by atoms with Gasteiger partial charge >= 0.3 is 0 Å². The number of carbonyl (C=O) groups excluding carboxylic acids is 1. The molecule has 45 heavy (non-hydrogen) atoms. The van der Waals surface area contributed by atoms with Gasteiger partial charge in [-0.15, -0.1) is 0 Å². The Morgan fingerprint density at radius 1 is 0.622 bits per heavy atom. The summed E-state index contributed by atoms with van der Waals surface area (Å²) >= 11 is 0. The summed E-state index contributed by atoms with van der Waals surface area (Å²) in [7, 11) is 0. The lowest BCUT2D eigenvalue weighted by Crippen LogP contribution is -2.54. The van der Waals surface area contributed by atoms with Crippen molar-refractivity contribution in [2.45, 2.75) is 225 Å². The van der Waals surface area contributed by atoms with E-state index in [0.717, 1.165) is 25.9 Å². The van der Waals surface area contributed by atoms with Crippen LogP contribution in [0, 0.1) is 0 Å². The molecule has 2 N–H and O–H groups in total. The number of hydrogen-bond acceptors (Lipinski definition) is 2. The molecule has 4 nitrogen and oxygen atoms in total. The van der Waals surface area contributed by atoms with Gasteiger partial charge in [-0.1, -0.05) is 174 Å². The van der Waals surface area contributed by atoms with Crippen LogP contribution >= 0.6 is 0 Å². The maximum absolute atomic E-state index is 12.9. The van der Waals surface area contributed by atoms with E-state index in [2.05, 4.69) is 54.5 Å². The molecule has 0 aromatic heterocycles. The smallest absolute Gasteiger partial charge is 0.234 e. The highest BCUT2D eigenvalue weighted by atomic mass is 16.1. The van der Waals surface area contributed by atoms with Crippen molar-refractivity contribution in [3.8, 4) is 0 Å². The second-order valence-electron chi connectivity index (χ2n) is 14.5. The molecule has 1 aliphatic heterocycles. The van der Waals surface area contributed by atoms with Crippen LogP contribution in [0.4, 0.5) is 0 Å². The summed E-state index contributed by atoms with van der Waals surface area (Å²) in [4.78, 5) is 12.9. The summed E-state index contributed by atoms with van der Waals surface area (Å²) in [6.45, 7) is 8.76. The first-order chi connectivity index (χ1) is 22.1. The van der Waals surface area contributed by atoms with E-state index in [0.29, 0.717) is 6.42 Å². The van der Waals surface area contributed by atoms with Gasteiger partial charge in [0.1, 0.15) is 13.1 Å². The fraction of sp³-hybridized carbons (Fsp3) is 0.902. The van der Waals surface area contributed by atoms with Crippen molar-refractivity contribution in [1.29, 1.82) is 0 Å². The molecule has 0 aliphatic carbocycles. The number of nitrogens with zero attached hydrogens (tertiary/aromatic N) is 1. The van der Waals surface area contributed by atoms with Crippen LogP contribution in [0.15, 0.2) is 12.2 Å². The van der Waals surface area contributed by atoms with Crippen LogP contribution in [-0.2, 0) is 4.79 Å². The van der Waals surface area contributed by atoms with E-state index in [9.17, 15) is 4.79 Å². The summed E-state index contributed by atoms with van der Waals surface area (Å²) in [5, 5.41) is 6.80. The van der Waals surface area contributed by atoms with Crippen LogP contribution < -0.4 is 10.6 Å². The average Bonchev–Trinajstić information content (AvgIpc) is 3.59. The molecule has 4 heteroatoms. The van der Waals surface area contributed by atoms with Crippen molar-refractivity contribution in [2.24, 2.45) is 0 Å². The summed E-state index contributed by atoms with van der Waals surface area (Å²) in [5.41, 5.74) is -0.265. The van der Waals surface area contributed by atoms with Crippen molar-refractivity contribution in [3.63, 3.8) is 0 Å². The number of allylic oxidation sites excluding steroid dienone is 2. The van der Waals surface area contributed by atoms with Gasteiger partial charge in [0.25, 0.3) is 0 Å². The first kappa shape index (κ1) is 41.7. The Hall–Kier alpha value is -1.32. The largest absolute Gasteiger partial charge is 0.315 e. The number of amides is 1. The predicted octanol–water partition coefficient (Wildman–Crippen LogP) is 12.2. The Morgan fingerprint density at radius 3 is 1.44 bits per heavy atom. The molecule has 0 spiro atoms. The Bertz CT molecular complexity index is 718. The van der Waals surface area contributed by atoms with Gasteiger partial charge in [-0.3, -0.25) is 10.1 Å². The highest BCUT2D eigenvalue weighted by Gasteiger charge is 2.35. The number of nitrogens with one attached hydrogen (secondary N) is 2. The molecule has 0 saturated carbocycles. The molecule has 0 radical (unpaired) electrons.